The van der Waals surface area contributed by atoms with Gasteiger partial charge < -0.3 is 15.1 Å². The van der Waals surface area contributed by atoms with Gasteiger partial charge in [-0.25, -0.2) is 4.98 Å². The van der Waals surface area contributed by atoms with Gasteiger partial charge in [0, 0.05) is 25.0 Å². The van der Waals surface area contributed by atoms with Gasteiger partial charge in [-0.1, -0.05) is 13.8 Å². The third-order valence-corrected chi connectivity index (χ3v) is 4.53. The first-order valence-corrected chi connectivity index (χ1v) is 8.30. The van der Waals surface area contributed by atoms with Crippen LogP contribution >= 0.6 is 11.3 Å². The summed E-state index contributed by atoms with van der Waals surface area (Å²) in [6, 6.07) is 3.86. The Morgan fingerprint density at radius 1 is 1.45 bits per heavy atom. The average molecular weight is 321 g/mol. The average Bonchev–Trinajstić information content (AvgIpc) is 3.11. The Bertz CT molecular complexity index is 633. The van der Waals surface area contributed by atoms with Gasteiger partial charge in [-0.05, 0) is 31.4 Å². The summed E-state index contributed by atoms with van der Waals surface area (Å²) in [5.41, 5.74) is 6.48. The van der Waals surface area contributed by atoms with E-state index < -0.39 is 0 Å². The Balaban J connectivity index is 1.99. The van der Waals surface area contributed by atoms with Crippen LogP contribution < -0.4 is 5.73 Å². The molecule has 1 unspecified atom stereocenters. The quantitative estimate of drug-likeness (QED) is 0.887. The minimum atomic E-state index is -0.0817. The second-order valence-corrected chi connectivity index (χ2v) is 6.73. The van der Waals surface area contributed by atoms with E-state index in [1.54, 1.807) is 17.3 Å². The molecule has 0 spiro atoms. The number of aromatic nitrogens is 1. The van der Waals surface area contributed by atoms with Gasteiger partial charge in [0.05, 0.1) is 0 Å². The molecule has 1 atom stereocenters. The molecule has 0 radical (unpaired) electrons. The number of carbonyl (C=O) groups excluding carboxylic acids is 1. The summed E-state index contributed by atoms with van der Waals surface area (Å²) in [5.74, 6) is 1.86. The van der Waals surface area contributed by atoms with Crippen molar-refractivity contribution in [3.05, 3.63) is 29.0 Å². The van der Waals surface area contributed by atoms with E-state index in [1.165, 1.54) is 11.3 Å². The Hall–Kier alpha value is -1.66. The summed E-state index contributed by atoms with van der Waals surface area (Å²) < 4.78 is 5.53. The van der Waals surface area contributed by atoms with E-state index in [1.807, 2.05) is 19.1 Å². The highest BCUT2D eigenvalue weighted by Gasteiger charge is 2.18. The highest BCUT2D eigenvalue weighted by Crippen LogP contribution is 2.26. The Morgan fingerprint density at radius 3 is 2.77 bits per heavy atom. The molecular weight excluding hydrogens is 298 g/mol. The first-order chi connectivity index (χ1) is 10.4. The molecule has 0 saturated carbocycles. The number of furan rings is 1. The summed E-state index contributed by atoms with van der Waals surface area (Å²) in [7, 11) is 1.78. The van der Waals surface area contributed by atoms with Crippen LogP contribution in [0.1, 0.15) is 36.5 Å². The third kappa shape index (κ3) is 3.96. The van der Waals surface area contributed by atoms with Crippen molar-refractivity contribution in [2.24, 2.45) is 11.7 Å². The smallest absolute Gasteiger partial charge is 0.273 e. The summed E-state index contributed by atoms with van der Waals surface area (Å²) in [6.45, 7) is 6.69. The van der Waals surface area contributed by atoms with E-state index in [0.717, 1.165) is 17.2 Å². The maximum atomic E-state index is 12.4. The van der Waals surface area contributed by atoms with Crippen LogP contribution in [0, 0.1) is 12.8 Å². The van der Waals surface area contributed by atoms with E-state index in [2.05, 4.69) is 18.8 Å². The molecule has 120 valence electrons. The van der Waals surface area contributed by atoms with Crippen molar-refractivity contribution in [1.82, 2.24) is 9.88 Å². The highest BCUT2D eigenvalue weighted by molar-refractivity contribution is 7.13. The third-order valence-electron chi connectivity index (χ3n) is 3.68. The summed E-state index contributed by atoms with van der Waals surface area (Å²) in [6.07, 6.45) is 0.786. The molecule has 0 aliphatic heterocycles. The maximum Gasteiger partial charge on any atom is 0.273 e. The lowest BCUT2D eigenvalue weighted by atomic mass is 10.0. The van der Waals surface area contributed by atoms with Crippen molar-refractivity contribution >= 4 is 17.2 Å². The summed E-state index contributed by atoms with van der Waals surface area (Å²) in [4.78, 5) is 18.4. The Labute approximate surface area is 135 Å². The maximum absolute atomic E-state index is 12.4. The second-order valence-electron chi connectivity index (χ2n) is 5.87. The first kappa shape index (κ1) is 16.7. The van der Waals surface area contributed by atoms with Crippen LogP contribution in [-0.2, 0) is 0 Å². The van der Waals surface area contributed by atoms with Gasteiger partial charge in [0.15, 0.2) is 10.8 Å². The standard InChI is InChI=1S/C16H23N3O2S/c1-10(2)12(17)7-8-19(4)16(20)13-9-22-15(18-13)14-6-5-11(3)21-14/h5-6,9-10,12H,7-8,17H2,1-4H3. The van der Waals surface area contributed by atoms with Crippen molar-refractivity contribution in [2.75, 3.05) is 13.6 Å². The van der Waals surface area contributed by atoms with Crippen molar-refractivity contribution in [3.8, 4) is 10.8 Å². The molecule has 0 bridgehead atoms. The normalized spacial score (nSPS) is 12.6. The van der Waals surface area contributed by atoms with E-state index >= 15 is 0 Å². The van der Waals surface area contributed by atoms with Crippen LogP contribution in [0.5, 0.6) is 0 Å². The van der Waals surface area contributed by atoms with Gasteiger partial charge in [-0.2, -0.15) is 0 Å². The molecule has 2 aromatic rings. The Kier molecular flexibility index (Phi) is 5.37. The predicted octanol–water partition coefficient (Wildman–Crippen LogP) is 3.16. The van der Waals surface area contributed by atoms with Crippen molar-refractivity contribution in [1.29, 1.82) is 0 Å². The topological polar surface area (TPSA) is 72.4 Å². The number of nitrogens with zero attached hydrogens (tertiary/aromatic N) is 2. The van der Waals surface area contributed by atoms with Crippen LogP contribution in [-0.4, -0.2) is 35.4 Å². The highest BCUT2D eigenvalue weighted by atomic mass is 32.1. The zero-order valence-corrected chi connectivity index (χ0v) is 14.3. The summed E-state index contributed by atoms with van der Waals surface area (Å²) in [5, 5.41) is 2.50. The zero-order chi connectivity index (χ0) is 16.3. The van der Waals surface area contributed by atoms with Gasteiger partial charge in [-0.15, -0.1) is 11.3 Å². The number of aryl methyl sites for hydroxylation is 1. The van der Waals surface area contributed by atoms with Crippen LogP contribution in [0.3, 0.4) is 0 Å². The monoisotopic (exact) mass is 321 g/mol. The molecule has 5 nitrogen and oxygen atoms in total. The SMILES string of the molecule is Cc1ccc(-c2nc(C(=O)N(C)CCC(N)C(C)C)cs2)o1. The van der Waals surface area contributed by atoms with E-state index in [-0.39, 0.29) is 11.9 Å². The first-order valence-electron chi connectivity index (χ1n) is 7.42. The predicted molar refractivity (Wildman–Crippen MR) is 88.9 cm³/mol. The number of hydrogen-bond donors (Lipinski definition) is 1. The number of nitrogens with two attached hydrogens (primary N) is 1. The minimum absolute atomic E-state index is 0.0817. The lowest BCUT2D eigenvalue weighted by molar-refractivity contribution is 0.0784. The number of carbonyl (C=O) groups is 1. The molecule has 1 amide bonds. The van der Waals surface area contributed by atoms with Gasteiger partial charge in [0.2, 0.25) is 0 Å². The van der Waals surface area contributed by atoms with Gasteiger partial charge in [0.25, 0.3) is 5.91 Å². The van der Waals surface area contributed by atoms with Crippen molar-refractivity contribution < 1.29 is 9.21 Å². The molecule has 6 heteroatoms. The van der Waals surface area contributed by atoms with Crippen LogP contribution in [0.25, 0.3) is 10.8 Å². The summed E-state index contributed by atoms with van der Waals surface area (Å²) >= 11 is 1.41. The van der Waals surface area contributed by atoms with E-state index in [4.69, 9.17) is 10.2 Å². The molecule has 2 heterocycles. The molecule has 0 aliphatic carbocycles. The van der Waals surface area contributed by atoms with Gasteiger partial charge in [0.1, 0.15) is 11.5 Å². The second kappa shape index (κ2) is 7.07. The lowest BCUT2D eigenvalue weighted by Gasteiger charge is -2.20. The largest absolute Gasteiger partial charge is 0.459 e. The number of amides is 1. The minimum Gasteiger partial charge on any atom is -0.459 e. The van der Waals surface area contributed by atoms with Crippen molar-refractivity contribution in [2.45, 2.75) is 33.2 Å². The molecule has 22 heavy (non-hydrogen) atoms. The van der Waals surface area contributed by atoms with Crippen LogP contribution in [0.15, 0.2) is 21.9 Å². The molecule has 0 saturated heterocycles. The number of thiazole rings is 1. The molecule has 2 rings (SSSR count). The fraction of sp³-hybridized carbons (Fsp3) is 0.500. The zero-order valence-electron chi connectivity index (χ0n) is 13.5. The number of rotatable bonds is 6. The molecule has 0 fully saturated rings. The van der Waals surface area contributed by atoms with Crippen molar-refractivity contribution in [3.63, 3.8) is 0 Å². The van der Waals surface area contributed by atoms with E-state index in [0.29, 0.717) is 23.9 Å². The van der Waals surface area contributed by atoms with Gasteiger partial charge in [-0.3, -0.25) is 4.79 Å². The Morgan fingerprint density at radius 2 is 2.18 bits per heavy atom. The molecule has 2 N–H and O–H groups in total. The fourth-order valence-electron chi connectivity index (χ4n) is 2.01. The number of hydrogen-bond acceptors (Lipinski definition) is 5. The molecular formula is C16H23N3O2S. The van der Waals surface area contributed by atoms with E-state index in [9.17, 15) is 4.79 Å². The molecule has 0 aromatic carbocycles. The van der Waals surface area contributed by atoms with Crippen LogP contribution in [0.2, 0.25) is 0 Å². The van der Waals surface area contributed by atoms with Gasteiger partial charge >= 0.3 is 0 Å². The fourth-order valence-corrected chi connectivity index (χ4v) is 2.76. The molecule has 2 aromatic heterocycles. The van der Waals surface area contributed by atoms with Crippen LogP contribution in [0.4, 0.5) is 0 Å². The lowest BCUT2D eigenvalue weighted by Crippen LogP contribution is -2.34. The molecule has 0 aliphatic rings.